The van der Waals surface area contributed by atoms with E-state index in [2.05, 4.69) is 25.6 Å². The highest BCUT2D eigenvalue weighted by Gasteiger charge is 2.49. The molecule has 5 atom stereocenters. The number of thioether (sulfide) groups is 1. The summed E-state index contributed by atoms with van der Waals surface area (Å²) in [4.78, 5) is 8.56. The SMILES string of the molecule is CCN=C1N[C@@H]2[C@@H](O)[C@H](O)[C@@H](Cn3cc(-c4ccccn4)nn3)O[C@@H]2S1. The molecule has 2 saturated heterocycles. The second kappa shape index (κ2) is 7.31. The molecule has 0 spiro atoms. The van der Waals surface area contributed by atoms with E-state index in [0.717, 1.165) is 10.9 Å². The number of aliphatic hydroxyl groups is 2. The van der Waals surface area contributed by atoms with Gasteiger partial charge >= 0.3 is 0 Å². The van der Waals surface area contributed by atoms with Crippen LogP contribution >= 0.6 is 11.8 Å². The number of aliphatic imine (C=N–C) groups is 1. The summed E-state index contributed by atoms with van der Waals surface area (Å²) < 4.78 is 7.59. The Hall–Kier alpha value is -2.01. The molecule has 2 aliphatic rings. The monoisotopic (exact) mass is 376 g/mol. The first-order valence-electron chi connectivity index (χ1n) is 8.46. The second-order valence-corrected chi connectivity index (χ2v) is 7.22. The van der Waals surface area contributed by atoms with E-state index < -0.39 is 18.3 Å². The Morgan fingerprint density at radius 2 is 2.19 bits per heavy atom. The molecular formula is C16H20N6O3S. The highest BCUT2D eigenvalue weighted by Crippen LogP contribution is 2.34. The quantitative estimate of drug-likeness (QED) is 0.675. The van der Waals surface area contributed by atoms with Gasteiger partial charge in [-0.1, -0.05) is 23.0 Å². The lowest BCUT2D eigenvalue weighted by Crippen LogP contribution is -2.59. The minimum absolute atomic E-state index is 0.280. The van der Waals surface area contributed by atoms with E-state index in [9.17, 15) is 10.2 Å². The van der Waals surface area contributed by atoms with Gasteiger partial charge in [0.05, 0.1) is 24.5 Å². The van der Waals surface area contributed by atoms with Gasteiger partial charge in [0.1, 0.15) is 29.4 Å². The summed E-state index contributed by atoms with van der Waals surface area (Å²) >= 11 is 1.43. The molecule has 26 heavy (non-hydrogen) atoms. The fourth-order valence-electron chi connectivity index (χ4n) is 3.05. The maximum Gasteiger partial charge on any atom is 0.159 e. The van der Waals surface area contributed by atoms with Crippen LogP contribution in [0.25, 0.3) is 11.4 Å². The molecule has 0 radical (unpaired) electrons. The first kappa shape index (κ1) is 17.4. The molecule has 0 amide bonds. The molecule has 3 N–H and O–H groups in total. The maximum atomic E-state index is 10.4. The third-order valence-electron chi connectivity index (χ3n) is 4.35. The van der Waals surface area contributed by atoms with Crippen LogP contribution in [0, 0.1) is 0 Å². The molecule has 0 bridgehead atoms. The average molecular weight is 376 g/mol. The lowest BCUT2D eigenvalue weighted by Gasteiger charge is -2.38. The van der Waals surface area contributed by atoms with Gasteiger partial charge in [0.25, 0.3) is 0 Å². The van der Waals surface area contributed by atoms with Crippen LogP contribution in [0.4, 0.5) is 0 Å². The first-order valence-corrected chi connectivity index (χ1v) is 9.34. The summed E-state index contributed by atoms with van der Waals surface area (Å²) in [5.74, 6) is 0. The molecule has 2 aromatic heterocycles. The average Bonchev–Trinajstić information content (AvgIpc) is 3.28. The van der Waals surface area contributed by atoms with Crippen LogP contribution in [-0.2, 0) is 11.3 Å². The van der Waals surface area contributed by atoms with Crippen molar-refractivity contribution in [1.82, 2.24) is 25.3 Å². The Kier molecular flexibility index (Phi) is 4.90. The molecule has 0 aromatic carbocycles. The fraction of sp³-hybridized carbons (Fsp3) is 0.500. The van der Waals surface area contributed by atoms with Crippen molar-refractivity contribution in [2.24, 2.45) is 4.99 Å². The van der Waals surface area contributed by atoms with Gasteiger partial charge in [-0.05, 0) is 19.1 Å². The minimum atomic E-state index is -1.03. The standard InChI is InChI=1S/C16H20N6O3S/c1-2-17-16-19-12-14(24)13(23)11(25-15(12)26-16)8-22-7-10(20-21-22)9-5-3-4-6-18-9/h3-7,11-15,23-24H,2,8H2,1H3,(H,17,19)/t11-,12-,13-,14-,15-/m1/s1. The van der Waals surface area contributed by atoms with Crippen molar-refractivity contribution in [3.05, 3.63) is 30.6 Å². The molecule has 2 aliphatic heterocycles. The molecule has 138 valence electrons. The van der Waals surface area contributed by atoms with E-state index >= 15 is 0 Å². The number of amidine groups is 1. The lowest BCUT2D eigenvalue weighted by atomic mass is 9.98. The van der Waals surface area contributed by atoms with E-state index in [1.807, 2.05) is 25.1 Å². The van der Waals surface area contributed by atoms with Crippen LogP contribution in [0.1, 0.15) is 6.92 Å². The third kappa shape index (κ3) is 3.32. The molecule has 2 fully saturated rings. The van der Waals surface area contributed by atoms with Gasteiger partial charge in [-0.15, -0.1) is 5.10 Å². The molecule has 9 nitrogen and oxygen atoms in total. The van der Waals surface area contributed by atoms with Crippen LogP contribution in [0.5, 0.6) is 0 Å². The van der Waals surface area contributed by atoms with Crippen molar-refractivity contribution in [3.8, 4) is 11.4 Å². The predicted molar refractivity (Wildman–Crippen MR) is 96.4 cm³/mol. The molecule has 0 unspecified atom stereocenters. The van der Waals surface area contributed by atoms with Gasteiger partial charge in [-0.2, -0.15) is 0 Å². The summed E-state index contributed by atoms with van der Waals surface area (Å²) in [5.41, 5.74) is 1.06. The first-order chi connectivity index (χ1) is 12.7. The fourth-order valence-corrected chi connectivity index (χ4v) is 4.25. The topological polar surface area (TPSA) is 118 Å². The zero-order valence-corrected chi connectivity index (χ0v) is 15.0. The van der Waals surface area contributed by atoms with Crippen molar-refractivity contribution in [3.63, 3.8) is 0 Å². The second-order valence-electron chi connectivity index (χ2n) is 6.13. The number of hydrogen-bond acceptors (Lipinski definition) is 8. The van der Waals surface area contributed by atoms with Gasteiger partial charge in [-0.25, -0.2) is 4.68 Å². The Balaban J connectivity index is 1.47. The van der Waals surface area contributed by atoms with E-state index in [-0.39, 0.29) is 18.0 Å². The Morgan fingerprint density at radius 3 is 2.96 bits per heavy atom. The Morgan fingerprint density at radius 1 is 1.31 bits per heavy atom. The predicted octanol–water partition coefficient (Wildman–Crippen LogP) is -0.132. The molecule has 10 heteroatoms. The molecule has 4 heterocycles. The van der Waals surface area contributed by atoms with Gasteiger partial charge < -0.3 is 20.3 Å². The number of aliphatic hydroxyl groups excluding tert-OH is 2. The van der Waals surface area contributed by atoms with Crippen molar-refractivity contribution < 1.29 is 14.9 Å². The van der Waals surface area contributed by atoms with Crippen LogP contribution in [0.15, 0.2) is 35.6 Å². The molecule has 0 aliphatic carbocycles. The minimum Gasteiger partial charge on any atom is -0.388 e. The third-order valence-corrected chi connectivity index (χ3v) is 5.46. The number of ether oxygens (including phenoxy) is 1. The summed E-state index contributed by atoms with van der Waals surface area (Å²) in [7, 11) is 0. The van der Waals surface area contributed by atoms with E-state index in [0.29, 0.717) is 12.2 Å². The van der Waals surface area contributed by atoms with E-state index in [1.165, 1.54) is 11.8 Å². The highest BCUT2D eigenvalue weighted by molar-refractivity contribution is 8.14. The van der Waals surface area contributed by atoms with Crippen LogP contribution in [0.3, 0.4) is 0 Å². The normalized spacial score (nSPS) is 32.4. The summed E-state index contributed by atoms with van der Waals surface area (Å²) in [6, 6.07) is 5.19. The zero-order valence-electron chi connectivity index (χ0n) is 14.1. The van der Waals surface area contributed by atoms with Crippen LogP contribution in [-0.4, -0.2) is 71.7 Å². The van der Waals surface area contributed by atoms with Crippen molar-refractivity contribution in [1.29, 1.82) is 0 Å². The van der Waals surface area contributed by atoms with Gasteiger partial charge in [-0.3, -0.25) is 9.98 Å². The zero-order chi connectivity index (χ0) is 18.1. The van der Waals surface area contributed by atoms with E-state index in [4.69, 9.17) is 4.74 Å². The van der Waals surface area contributed by atoms with Gasteiger partial charge in [0.2, 0.25) is 0 Å². The summed E-state index contributed by atoms with van der Waals surface area (Å²) in [6.45, 7) is 2.87. The number of pyridine rings is 1. The smallest absolute Gasteiger partial charge is 0.159 e. The van der Waals surface area contributed by atoms with Crippen molar-refractivity contribution in [2.75, 3.05) is 6.54 Å². The van der Waals surface area contributed by atoms with Gasteiger partial charge in [0, 0.05) is 12.7 Å². The van der Waals surface area contributed by atoms with Gasteiger partial charge in [0.15, 0.2) is 5.17 Å². The molecular weight excluding hydrogens is 356 g/mol. The van der Waals surface area contributed by atoms with Crippen molar-refractivity contribution >= 4 is 16.9 Å². The number of aromatic nitrogens is 4. The molecule has 2 aromatic rings. The van der Waals surface area contributed by atoms with Crippen LogP contribution in [0.2, 0.25) is 0 Å². The highest BCUT2D eigenvalue weighted by atomic mass is 32.2. The number of hydrogen-bond donors (Lipinski definition) is 3. The number of fused-ring (bicyclic) bond motifs is 1. The number of nitrogens with one attached hydrogen (secondary N) is 1. The Labute approximate surface area is 154 Å². The number of nitrogens with zero attached hydrogens (tertiary/aromatic N) is 5. The van der Waals surface area contributed by atoms with Crippen molar-refractivity contribution in [2.45, 2.75) is 43.3 Å². The Bertz CT molecular complexity index is 785. The maximum absolute atomic E-state index is 10.4. The van der Waals surface area contributed by atoms with Crippen LogP contribution < -0.4 is 5.32 Å². The molecule has 0 saturated carbocycles. The lowest BCUT2D eigenvalue weighted by molar-refractivity contribution is -0.160. The molecule has 4 rings (SSSR count). The summed E-state index contributed by atoms with van der Waals surface area (Å²) in [5, 5.41) is 32.9. The largest absolute Gasteiger partial charge is 0.388 e. The van der Waals surface area contributed by atoms with E-state index in [1.54, 1.807) is 17.1 Å². The summed E-state index contributed by atoms with van der Waals surface area (Å²) in [6.07, 6.45) is 0.863. The number of rotatable bonds is 4.